The van der Waals surface area contributed by atoms with Gasteiger partial charge in [-0.05, 0) is 30.5 Å². The lowest BCUT2D eigenvalue weighted by molar-refractivity contribution is 0.153. The standard InChI is InChI=1S/C6H10OS/c7-5-1-3-6(8)4-2-5/h5,7H,1-4H2. The van der Waals surface area contributed by atoms with E-state index in [1.54, 1.807) is 0 Å². The number of thiocarbonyl (C=S) groups is 1. The Morgan fingerprint density at radius 1 is 1.38 bits per heavy atom. The van der Waals surface area contributed by atoms with Crippen LogP contribution in [0.1, 0.15) is 25.7 Å². The predicted octanol–water partition coefficient (Wildman–Crippen LogP) is 1.29. The van der Waals surface area contributed by atoms with Crippen LogP contribution in [0.15, 0.2) is 0 Å². The maximum absolute atomic E-state index is 8.97. The molecule has 1 aliphatic carbocycles. The van der Waals surface area contributed by atoms with Gasteiger partial charge in [-0.25, -0.2) is 0 Å². The lowest BCUT2D eigenvalue weighted by Gasteiger charge is -2.16. The molecule has 1 rings (SSSR count). The summed E-state index contributed by atoms with van der Waals surface area (Å²) in [7, 11) is 0. The van der Waals surface area contributed by atoms with Crippen molar-refractivity contribution in [2.24, 2.45) is 0 Å². The Morgan fingerprint density at radius 2 is 1.88 bits per heavy atom. The van der Waals surface area contributed by atoms with Gasteiger partial charge in [-0.1, -0.05) is 12.2 Å². The molecule has 0 radical (unpaired) electrons. The first-order chi connectivity index (χ1) is 3.79. The highest BCUT2D eigenvalue weighted by atomic mass is 32.1. The van der Waals surface area contributed by atoms with Crippen LogP contribution >= 0.6 is 12.2 Å². The third kappa shape index (κ3) is 1.53. The second-order valence-corrected chi connectivity index (χ2v) is 2.85. The summed E-state index contributed by atoms with van der Waals surface area (Å²) in [6.07, 6.45) is 3.62. The SMILES string of the molecule is OC1CCC(=S)CC1. The van der Waals surface area contributed by atoms with E-state index in [2.05, 4.69) is 0 Å². The Kier molecular flexibility index (Phi) is 1.97. The molecule has 0 amide bonds. The molecule has 1 fully saturated rings. The van der Waals surface area contributed by atoms with Crippen molar-refractivity contribution in [2.75, 3.05) is 0 Å². The average Bonchev–Trinajstić information content (AvgIpc) is 1.77. The van der Waals surface area contributed by atoms with Crippen molar-refractivity contribution in [3.63, 3.8) is 0 Å². The Labute approximate surface area is 54.7 Å². The Bertz CT molecular complexity index is 90.7. The zero-order chi connectivity index (χ0) is 5.98. The molecule has 8 heavy (non-hydrogen) atoms. The van der Waals surface area contributed by atoms with Crippen molar-refractivity contribution in [2.45, 2.75) is 31.8 Å². The van der Waals surface area contributed by atoms with Crippen LogP contribution < -0.4 is 0 Å². The molecule has 0 bridgehead atoms. The van der Waals surface area contributed by atoms with Gasteiger partial charge in [0.15, 0.2) is 0 Å². The van der Waals surface area contributed by atoms with Gasteiger partial charge in [0, 0.05) is 0 Å². The van der Waals surface area contributed by atoms with Crippen LogP contribution in [0.2, 0.25) is 0 Å². The van der Waals surface area contributed by atoms with E-state index in [1.807, 2.05) is 0 Å². The molecule has 2 heteroatoms. The lowest BCUT2D eigenvalue weighted by atomic mass is 9.98. The van der Waals surface area contributed by atoms with E-state index in [-0.39, 0.29) is 6.10 Å². The quantitative estimate of drug-likeness (QED) is 0.499. The van der Waals surface area contributed by atoms with Gasteiger partial charge in [0.25, 0.3) is 0 Å². The molecule has 1 N–H and O–H groups in total. The maximum atomic E-state index is 8.97. The Morgan fingerprint density at radius 3 is 2.25 bits per heavy atom. The van der Waals surface area contributed by atoms with E-state index in [0.29, 0.717) is 0 Å². The van der Waals surface area contributed by atoms with Crippen LogP contribution in [0.25, 0.3) is 0 Å². The maximum Gasteiger partial charge on any atom is 0.0547 e. The van der Waals surface area contributed by atoms with Crippen LogP contribution in [-0.2, 0) is 0 Å². The fourth-order valence-electron chi connectivity index (χ4n) is 0.925. The first kappa shape index (κ1) is 6.17. The average molecular weight is 130 g/mol. The molecular weight excluding hydrogens is 120 g/mol. The summed E-state index contributed by atoms with van der Waals surface area (Å²) < 4.78 is 0. The van der Waals surface area contributed by atoms with E-state index in [4.69, 9.17) is 17.3 Å². The Hall–Kier alpha value is 0.0500. The molecule has 0 unspecified atom stereocenters. The van der Waals surface area contributed by atoms with E-state index < -0.39 is 0 Å². The highest BCUT2D eigenvalue weighted by Gasteiger charge is 2.12. The van der Waals surface area contributed by atoms with Crippen LogP contribution in [0.3, 0.4) is 0 Å². The van der Waals surface area contributed by atoms with E-state index in [9.17, 15) is 0 Å². The van der Waals surface area contributed by atoms with Gasteiger partial charge in [0.2, 0.25) is 0 Å². The molecule has 1 nitrogen and oxygen atoms in total. The highest BCUT2D eigenvalue weighted by molar-refractivity contribution is 7.80. The summed E-state index contributed by atoms with van der Waals surface area (Å²) in [6.45, 7) is 0. The predicted molar refractivity (Wildman–Crippen MR) is 37.1 cm³/mol. The van der Waals surface area contributed by atoms with Gasteiger partial charge in [0.1, 0.15) is 0 Å². The fraction of sp³-hybridized carbons (Fsp3) is 0.833. The monoisotopic (exact) mass is 130 g/mol. The van der Waals surface area contributed by atoms with Gasteiger partial charge in [0.05, 0.1) is 6.10 Å². The van der Waals surface area contributed by atoms with Crippen LogP contribution in [0, 0.1) is 0 Å². The van der Waals surface area contributed by atoms with E-state index in [0.717, 1.165) is 30.5 Å². The second-order valence-electron chi connectivity index (χ2n) is 2.27. The summed E-state index contributed by atoms with van der Waals surface area (Å²) in [6, 6.07) is 0. The smallest absolute Gasteiger partial charge is 0.0547 e. The van der Waals surface area contributed by atoms with Crippen molar-refractivity contribution in [1.29, 1.82) is 0 Å². The summed E-state index contributed by atoms with van der Waals surface area (Å²) in [5.74, 6) is 0. The number of rotatable bonds is 0. The molecule has 0 atom stereocenters. The van der Waals surface area contributed by atoms with Crippen LogP contribution in [0.4, 0.5) is 0 Å². The van der Waals surface area contributed by atoms with E-state index in [1.165, 1.54) is 0 Å². The van der Waals surface area contributed by atoms with Crippen molar-refractivity contribution in [3.8, 4) is 0 Å². The fourth-order valence-corrected chi connectivity index (χ4v) is 1.16. The molecule has 1 saturated carbocycles. The third-order valence-electron chi connectivity index (χ3n) is 1.51. The number of aliphatic hydroxyl groups excluding tert-OH is 1. The lowest BCUT2D eigenvalue weighted by Crippen LogP contribution is -2.16. The molecule has 46 valence electrons. The van der Waals surface area contributed by atoms with Crippen molar-refractivity contribution >= 4 is 17.1 Å². The minimum Gasteiger partial charge on any atom is -0.393 e. The molecule has 0 saturated heterocycles. The van der Waals surface area contributed by atoms with Crippen molar-refractivity contribution in [1.82, 2.24) is 0 Å². The molecule has 0 heterocycles. The molecule has 1 aliphatic rings. The molecule has 0 spiro atoms. The van der Waals surface area contributed by atoms with Crippen molar-refractivity contribution in [3.05, 3.63) is 0 Å². The number of hydrogen-bond acceptors (Lipinski definition) is 2. The first-order valence-corrected chi connectivity index (χ1v) is 3.39. The normalized spacial score (nSPS) is 23.9. The topological polar surface area (TPSA) is 20.2 Å². The summed E-state index contributed by atoms with van der Waals surface area (Å²) >= 11 is 4.95. The second kappa shape index (κ2) is 2.55. The Balaban J connectivity index is 2.29. The third-order valence-corrected chi connectivity index (χ3v) is 1.92. The minimum absolute atomic E-state index is 0.0679. The summed E-state index contributed by atoms with van der Waals surface area (Å²) in [4.78, 5) is 1.13. The van der Waals surface area contributed by atoms with Gasteiger partial charge in [-0.2, -0.15) is 0 Å². The first-order valence-electron chi connectivity index (χ1n) is 2.99. The summed E-state index contributed by atoms with van der Waals surface area (Å²) in [5, 5.41) is 8.97. The van der Waals surface area contributed by atoms with Gasteiger partial charge < -0.3 is 5.11 Å². The number of aliphatic hydroxyl groups is 1. The zero-order valence-electron chi connectivity index (χ0n) is 4.76. The highest BCUT2D eigenvalue weighted by Crippen LogP contribution is 2.15. The van der Waals surface area contributed by atoms with E-state index >= 15 is 0 Å². The number of hydrogen-bond donors (Lipinski definition) is 1. The molecule has 0 aromatic rings. The molecular formula is C6H10OS. The minimum atomic E-state index is -0.0679. The summed E-state index contributed by atoms with van der Waals surface area (Å²) in [5.41, 5.74) is 0. The van der Waals surface area contributed by atoms with Gasteiger partial charge in [-0.15, -0.1) is 0 Å². The van der Waals surface area contributed by atoms with Crippen molar-refractivity contribution < 1.29 is 5.11 Å². The molecule has 0 aromatic carbocycles. The van der Waals surface area contributed by atoms with Gasteiger partial charge >= 0.3 is 0 Å². The van der Waals surface area contributed by atoms with Gasteiger partial charge in [-0.3, -0.25) is 0 Å². The largest absolute Gasteiger partial charge is 0.393 e. The molecule has 0 aromatic heterocycles. The zero-order valence-corrected chi connectivity index (χ0v) is 5.58. The molecule has 0 aliphatic heterocycles. The van der Waals surface area contributed by atoms with Crippen LogP contribution in [0.5, 0.6) is 0 Å². The van der Waals surface area contributed by atoms with Crippen LogP contribution in [-0.4, -0.2) is 16.1 Å².